The third-order valence-electron chi connectivity index (χ3n) is 4.68. The molecular formula is C20H24Cl2N3O+. The maximum Gasteiger partial charge on any atom is 0.277 e. The van der Waals surface area contributed by atoms with Gasteiger partial charge >= 0.3 is 0 Å². The van der Waals surface area contributed by atoms with Crippen molar-refractivity contribution in [3.63, 3.8) is 0 Å². The predicted molar refractivity (Wildman–Crippen MR) is 107 cm³/mol. The van der Waals surface area contributed by atoms with E-state index in [1.165, 1.54) is 10.5 Å². The van der Waals surface area contributed by atoms with Gasteiger partial charge in [0.05, 0.1) is 7.05 Å². The molecule has 0 saturated carbocycles. The van der Waals surface area contributed by atoms with Gasteiger partial charge in [-0.3, -0.25) is 4.79 Å². The molecule has 1 saturated heterocycles. The number of amides is 1. The van der Waals surface area contributed by atoms with E-state index in [-0.39, 0.29) is 5.91 Å². The fourth-order valence-corrected chi connectivity index (χ4v) is 3.58. The van der Waals surface area contributed by atoms with E-state index >= 15 is 0 Å². The summed E-state index contributed by atoms with van der Waals surface area (Å²) in [7, 11) is 2.05. The highest BCUT2D eigenvalue weighted by molar-refractivity contribution is 6.31. The van der Waals surface area contributed by atoms with Gasteiger partial charge in [0.25, 0.3) is 5.91 Å². The molecule has 0 aliphatic carbocycles. The summed E-state index contributed by atoms with van der Waals surface area (Å²) < 4.78 is 0. The fraction of sp³-hybridized carbons (Fsp3) is 0.350. The summed E-state index contributed by atoms with van der Waals surface area (Å²) >= 11 is 12.0. The van der Waals surface area contributed by atoms with Crippen LogP contribution in [0, 0.1) is 0 Å². The van der Waals surface area contributed by atoms with Crippen LogP contribution in [0.1, 0.15) is 5.56 Å². The van der Waals surface area contributed by atoms with Crippen molar-refractivity contribution >= 4 is 34.8 Å². The number of hydrogen-bond donors (Lipinski definition) is 1. The molecule has 6 heteroatoms. The first-order valence-electron chi connectivity index (χ1n) is 8.85. The molecule has 1 heterocycles. The Hall–Kier alpha value is -1.75. The molecule has 26 heavy (non-hydrogen) atoms. The second kappa shape index (κ2) is 8.76. The molecule has 1 N–H and O–H groups in total. The third kappa shape index (κ3) is 5.13. The lowest BCUT2D eigenvalue weighted by molar-refractivity contribution is -0.885. The van der Waals surface area contributed by atoms with E-state index < -0.39 is 0 Å². The van der Waals surface area contributed by atoms with Crippen LogP contribution in [-0.4, -0.2) is 50.6 Å². The van der Waals surface area contributed by atoms with Crippen LogP contribution < -0.4 is 9.80 Å². The van der Waals surface area contributed by atoms with Crippen molar-refractivity contribution in [3.05, 3.63) is 64.1 Å². The number of quaternary nitrogens is 1. The number of piperazine rings is 1. The number of likely N-dealkylation sites (N-methyl/N-ethyl adjacent to an activating group) is 1. The van der Waals surface area contributed by atoms with Crippen molar-refractivity contribution < 1.29 is 9.69 Å². The Morgan fingerprint density at radius 2 is 1.69 bits per heavy atom. The van der Waals surface area contributed by atoms with Gasteiger partial charge in [-0.15, -0.1) is 0 Å². The van der Waals surface area contributed by atoms with Crippen LogP contribution in [0.25, 0.3) is 0 Å². The van der Waals surface area contributed by atoms with Gasteiger partial charge in [0.15, 0.2) is 6.54 Å². The first kappa shape index (κ1) is 19.0. The van der Waals surface area contributed by atoms with Crippen LogP contribution in [0.5, 0.6) is 0 Å². The molecule has 3 rings (SSSR count). The second-order valence-electron chi connectivity index (χ2n) is 6.78. The molecule has 4 nitrogen and oxygen atoms in total. The topological polar surface area (TPSA) is 28.0 Å². The van der Waals surface area contributed by atoms with Gasteiger partial charge in [-0.25, -0.2) is 0 Å². The van der Waals surface area contributed by atoms with Crippen LogP contribution >= 0.6 is 23.2 Å². The van der Waals surface area contributed by atoms with E-state index in [2.05, 4.69) is 18.0 Å². The lowest BCUT2D eigenvalue weighted by Crippen LogP contribution is -3.09. The number of carbonyl (C=O) groups is 1. The first-order valence-corrected chi connectivity index (χ1v) is 9.61. The van der Waals surface area contributed by atoms with Gasteiger partial charge in [0.1, 0.15) is 6.54 Å². The number of rotatable bonds is 5. The summed E-state index contributed by atoms with van der Waals surface area (Å²) in [4.78, 5) is 18.0. The lowest BCUT2D eigenvalue weighted by atomic mass is 10.2. The molecular weight excluding hydrogens is 369 g/mol. The van der Waals surface area contributed by atoms with Crippen LogP contribution in [0.3, 0.4) is 0 Å². The zero-order valence-electron chi connectivity index (χ0n) is 14.9. The average Bonchev–Trinajstić information content (AvgIpc) is 2.64. The van der Waals surface area contributed by atoms with Gasteiger partial charge in [0, 0.05) is 47.5 Å². The largest absolute Gasteiger partial charge is 0.368 e. The average molecular weight is 393 g/mol. The minimum Gasteiger partial charge on any atom is -0.368 e. The second-order valence-corrected chi connectivity index (χ2v) is 7.66. The highest BCUT2D eigenvalue weighted by Gasteiger charge is 2.23. The number of hydrogen-bond acceptors (Lipinski definition) is 2. The normalized spacial score (nSPS) is 15.8. The Bertz CT molecular complexity index is 743. The smallest absolute Gasteiger partial charge is 0.277 e. The van der Waals surface area contributed by atoms with E-state index in [1.807, 2.05) is 47.4 Å². The predicted octanol–water partition coefficient (Wildman–Crippen LogP) is 2.36. The van der Waals surface area contributed by atoms with Gasteiger partial charge < -0.3 is 14.7 Å². The van der Waals surface area contributed by atoms with Gasteiger partial charge in [0.2, 0.25) is 0 Å². The molecule has 2 aromatic carbocycles. The Kier molecular flexibility index (Phi) is 6.41. The maximum absolute atomic E-state index is 12.6. The Balaban J connectivity index is 1.48. The molecule has 1 fully saturated rings. The molecule has 1 aliphatic rings. The molecule has 0 aromatic heterocycles. The monoisotopic (exact) mass is 392 g/mol. The van der Waals surface area contributed by atoms with Crippen molar-refractivity contribution in [3.8, 4) is 0 Å². The van der Waals surface area contributed by atoms with E-state index in [0.717, 1.165) is 48.5 Å². The lowest BCUT2D eigenvalue weighted by Gasteiger charge is -2.36. The minimum atomic E-state index is 0.210. The number of nitrogens with one attached hydrogen (secondary N) is 1. The Morgan fingerprint density at radius 3 is 2.35 bits per heavy atom. The zero-order chi connectivity index (χ0) is 18.5. The molecule has 138 valence electrons. The van der Waals surface area contributed by atoms with Crippen molar-refractivity contribution in [2.75, 3.05) is 44.7 Å². The number of benzene rings is 2. The molecule has 0 spiro atoms. The minimum absolute atomic E-state index is 0.210. The first-order chi connectivity index (χ1) is 12.5. The number of anilines is 1. The maximum atomic E-state index is 12.6. The van der Waals surface area contributed by atoms with Crippen molar-refractivity contribution in [2.45, 2.75) is 6.54 Å². The Morgan fingerprint density at radius 1 is 1.00 bits per heavy atom. The van der Waals surface area contributed by atoms with Gasteiger partial charge in [-0.05, 0) is 30.3 Å². The summed E-state index contributed by atoms with van der Waals surface area (Å²) in [5.74, 6) is 0.210. The summed E-state index contributed by atoms with van der Waals surface area (Å²) in [6, 6.07) is 15.7. The number of carbonyl (C=O) groups excluding carboxylic acids is 1. The molecule has 0 bridgehead atoms. The number of halogens is 2. The van der Waals surface area contributed by atoms with E-state index in [0.29, 0.717) is 6.54 Å². The standard InChI is InChI=1S/C20H23Cl2N3O/c1-23(14-16-5-7-17(21)8-6-16)15-20(26)25-11-9-24(10-12-25)19-4-2-3-18(22)13-19/h2-8,13H,9-12,14-15H2,1H3/p+1. The van der Waals surface area contributed by atoms with E-state index in [4.69, 9.17) is 23.2 Å². The summed E-state index contributed by atoms with van der Waals surface area (Å²) in [6.45, 7) is 4.48. The van der Waals surface area contributed by atoms with Crippen LogP contribution in [0.4, 0.5) is 5.69 Å². The zero-order valence-corrected chi connectivity index (χ0v) is 16.4. The summed E-state index contributed by atoms with van der Waals surface area (Å²) in [5.41, 5.74) is 2.31. The highest BCUT2D eigenvalue weighted by atomic mass is 35.5. The van der Waals surface area contributed by atoms with Crippen molar-refractivity contribution in [1.82, 2.24) is 4.90 Å². The summed E-state index contributed by atoms with van der Waals surface area (Å²) in [5, 5.41) is 1.48. The molecule has 1 atom stereocenters. The van der Waals surface area contributed by atoms with Crippen LogP contribution in [-0.2, 0) is 11.3 Å². The fourth-order valence-electron chi connectivity index (χ4n) is 3.27. The molecule has 0 radical (unpaired) electrons. The molecule has 2 aromatic rings. The van der Waals surface area contributed by atoms with Gasteiger partial charge in [-0.2, -0.15) is 0 Å². The SMILES string of the molecule is C[NH+](CC(=O)N1CCN(c2cccc(Cl)c2)CC1)Cc1ccc(Cl)cc1. The molecule has 1 aliphatic heterocycles. The van der Waals surface area contributed by atoms with E-state index in [1.54, 1.807) is 0 Å². The number of nitrogens with zero attached hydrogens (tertiary/aromatic N) is 2. The van der Waals surface area contributed by atoms with Crippen molar-refractivity contribution in [1.29, 1.82) is 0 Å². The molecule has 1 amide bonds. The molecule has 1 unspecified atom stereocenters. The van der Waals surface area contributed by atoms with E-state index in [9.17, 15) is 4.79 Å². The highest BCUT2D eigenvalue weighted by Crippen LogP contribution is 2.20. The third-order valence-corrected chi connectivity index (χ3v) is 5.16. The van der Waals surface area contributed by atoms with Crippen LogP contribution in [0.2, 0.25) is 10.0 Å². The van der Waals surface area contributed by atoms with Crippen molar-refractivity contribution in [2.24, 2.45) is 0 Å². The summed E-state index contributed by atoms with van der Waals surface area (Å²) in [6.07, 6.45) is 0. The quantitative estimate of drug-likeness (QED) is 0.845. The Labute approximate surface area is 164 Å². The van der Waals surface area contributed by atoms with Crippen LogP contribution in [0.15, 0.2) is 48.5 Å². The van der Waals surface area contributed by atoms with Gasteiger partial charge in [-0.1, -0.05) is 41.4 Å².